The van der Waals surface area contributed by atoms with E-state index in [1.165, 1.54) is 5.56 Å². The van der Waals surface area contributed by atoms with Gasteiger partial charge in [0.25, 0.3) is 0 Å². The van der Waals surface area contributed by atoms with Crippen molar-refractivity contribution < 1.29 is 29.6 Å². The second-order valence-electron chi connectivity index (χ2n) is 9.15. The van der Waals surface area contributed by atoms with Crippen molar-refractivity contribution in [1.29, 1.82) is 0 Å². The van der Waals surface area contributed by atoms with Crippen LogP contribution in [0.1, 0.15) is 63.0 Å². The van der Waals surface area contributed by atoms with Gasteiger partial charge in [-0.1, -0.05) is 38.3 Å². The zero-order valence-electron chi connectivity index (χ0n) is 18.7. The molecule has 6 nitrogen and oxygen atoms in total. The van der Waals surface area contributed by atoms with Crippen LogP contribution in [0, 0.1) is 17.8 Å². The number of hydrogen-bond acceptors (Lipinski definition) is 6. The number of fused-ring (bicyclic) bond motifs is 2. The molecule has 5 atom stereocenters. The van der Waals surface area contributed by atoms with Crippen LogP contribution in [0.4, 0.5) is 0 Å². The summed E-state index contributed by atoms with van der Waals surface area (Å²) in [5, 5.41) is 29.8. The quantitative estimate of drug-likeness (QED) is 0.346. The van der Waals surface area contributed by atoms with Crippen molar-refractivity contribution in [3.05, 3.63) is 29.3 Å². The Bertz CT molecular complexity index is 705. The van der Waals surface area contributed by atoms with Gasteiger partial charge in [0.05, 0.1) is 18.8 Å². The molecule has 0 spiro atoms. The lowest BCUT2D eigenvalue weighted by atomic mass is 9.73. The molecule has 31 heavy (non-hydrogen) atoms. The Morgan fingerprint density at radius 3 is 2.84 bits per heavy atom. The largest absolute Gasteiger partial charge is 0.482 e. The first kappa shape index (κ1) is 24.0. The maximum Gasteiger partial charge on any atom is 0.344 e. The van der Waals surface area contributed by atoms with Gasteiger partial charge in [-0.05, 0) is 73.5 Å². The standard InChI is InChI=1S/C25H38O6/c1-2-3-4-7-19(27)9-10-20-21-13-17-6-5-8-24(31-16-25(29)30-12-11-26)22(17)14-18(21)15-23(20)28/h5-6,8,18-21,23,26-28H,2-4,7,9-16H2,1H3/t18-,19-,20+,21-,23+/m0/s1. The van der Waals surface area contributed by atoms with Gasteiger partial charge in [0.2, 0.25) is 0 Å². The summed E-state index contributed by atoms with van der Waals surface area (Å²) in [4.78, 5) is 11.7. The highest BCUT2D eigenvalue weighted by molar-refractivity contribution is 5.71. The van der Waals surface area contributed by atoms with E-state index in [0.717, 1.165) is 63.4 Å². The smallest absolute Gasteiger partial charge is 0.344 e. The predicted octanol–water partition coefficient (Wildman–Crippen LogP) is 3.03. The lowest BCUT2D eigenvalue weighted by Crippen LogP contribution is -2.28. The van der Waals surface area contributed by atoms with Crippen LogP contribution in [-0.4, -0.2) is 53.3 Å². The molecule has 1 aromatic rings. The van der Waals surface area contributed by atoms with E-state index in [9.17, 15) is 15.0 Å². The van der Waals surface area contributed by atoms with Gasteiger partial charge in [0.15, 0.2) is 6.61 Å². The molecule has 1 saturated carbocycles. The molecule has 2 aliphatic rings. The van der Waals surface area contributed by atoms with Gasteiger partial charge in [0, 0.05) is 0 Å². The molecule has 6 heteroatoms. The molecule has 0 aromatic heterocycles. The molecule has 1 aromatic carbocycles. The van der Waals surface area contributed by atoms with Crippen molar-refractivity contribution in [3.8, 4) is 5.75 Å². The number of carbonyl (C=O) groups excluding carboxylic acids is 1. The summed E-state index contributed by atoms with van der Waals surface area (Å²) in [6.07, 6.45) is 7.83. The Balaban J connectivity index is 1.59. The fourth-order valence-electron chi connectivity index (χ4n) is 5.44. The van der Waals surface area contributed by atoms with E-state index in [1.807, 2.05) is 12.1 Å². The van der Waals surface area contributed by atoms with Crippen molar-refractivity contribution in [2.75, 3.05) is 19.8 Å². The molecule has 1 fully saturated rings. The maximum absolute atomic E-state index is 11.7. The van der Waals surface area contributed by atoms with E-state index in [2.05, 4.69) is 13.0 Å². The molecule has 174 valence electrons. The van der Waals surface area contributed by atoms with Crippen LogP contribution < -0.4 is 4.74 Å². The van der Waals surface area contributed by atoms with Gasteiger partial charge >= 0.3 is 5.97 Å². The Morgan fingerprint density at radius 2 is 2.06 bits per heavy atom. The molecule has 0 bridgehead atoms. The Kier molecular flexibility index (Phi) is 9.17. The monoisotopic (exact) mass is 434 g/mol. The van der Waals surface area contributed by atoms with Crippen LogP contribution in [0.25, 0.3) is 0 Å². The predicted molar refractivity (Wildman–Crippen MR) is 118 cm³/mol. The van der Waals surface area contributed by atoms with Gasteiger partial charge in [-0.3, -0.25) is 0 Å². The first-order chi connectivity index (χ1) is 15.0. The van der Waals surface area contributed by atoms with Gasteiger partial charge < -0.3 is 24.8 Å². The van der Waals surface area contributed by atoms with E-state index in [4.69, 9.17) is 14.6 Å². The number of esters is 1. The van der Waals surface area contributed by atoms with Gasteiger partial charge in [-0.2, -0.15) is 0 Å². The lowest BCUT2D eigenvalue weighted by molar-refractivity contribution is -0.147. The SMILES string of the molecule is CCCCC[C@H](O)CC[C@@H]1[C@H]2Cc3cccc(OCC(=O)OCCO)c3C[C@H]2C[C@H]1O. The molecule has 2 aliphatic carbocycles. The summed E-state index contributed by atoms with van der Waals surface area (Å²) >= 11 is 0. The van der Waals surface area contributed by atoms with Crippen molar-refractivity contribution >= 4 is 5.97 Å². The molecular weight excluding hydrogens is 396 g/mol. The average molecular weight is 435 g/mol. The summed E-state index contributed by atoms with van der Waals surface area (Å²) in [5.41, 5.74) is 2.36. The summed E-state index contributed by atoms with van der Waals surface area (Å²) in [5.74, 6) is 1.28. The number of aliphatic hydroxyl groups excluding tert-OH is 3. The first-order valence-corrected chi connectivity index (χ1v) is 11.9. The summed E-state index contributed by atoms with van der Waals surface area (Å²) in [6, 6.07) is 5.95. The third-order valence-electron chi connectivity index (χ3n) is 7.02. The Labute approximate surface area is 185 Å². The van der Waals surface area contributed by atoms with Gasteiger partial charge in [-0.25, -0.2) is 4.79 Å². The highest BCUT2D eigenvalue weighted by Gasteiger charge is 2.44. The topological polar surface area (TPSA) is 96.2 Å². The van der Waals surface area contributed by atoms with E-state index in [0.29, 0.717) is 17.6 Å². The molecule has 0 aliphatic heterocycles. The third-order valence-corrected chi connectivity index (χ3v) is 7.02. The van der Waals surface area contributed by atoms with Crippen LogP contribution in [0.2, 0.25) is 0 Å². The third kappa shape index (κ3) is 6.43. The van der Waals surface area contributed by atoms with Gasteiger partial charge in [0.1, 0.15) is 12.4 Å². The zero-order chi connectivity index (χ0) is 22.2. The van der Waals surface area contributed by atoms with Crippen molar-refractivity contribution in [1.82, 2.24) is 0 Å². The van der Waals surface area contributed by atoms with E-state index >= 15 is 0 Å². The average Bonchev–Trinajstić information content (AvgIpc) is 3.07. The van der Waals surface area contributed by atoms with Crippen LogP contribution in [0.3, 0.4) is 0 Å². The zero-order valence-corrected chi connectivity index (χ0v) is 18.7. The van der Waals surface area contributed by atoms with E-state index in [1.54, 1.807) is 0 Å². The van der Waals surface area contributed by atoms with Crippen LogP contribution in [-0.2, 0) is 22.4 Å². The Morgan fingerprint density at radius 1 is 1.23 bits per heavy atom. The molecule has 0 radical (unpaired) electrons. The number of unbranched alkanes of at least 4 members (excludes halogenated alkanes) is 2. The minimum Gasteiger partial charge on any atom is -0.482 e. The van der Waals surface area contributed by atoms with Crippen molar-refractivity contribution in [3.63, 3.8) is 0 Å². The summed E-state index contributed by atoms with van der Waals surface area (Å²) in [7, 11) is 0. The second-order valence-corrected chi connectivity index (χ2v) is 9.15. The second kappa shape index (κ2) is 11.8. The molecule has 0 saturated heterocycles. The Hall–Kier alpha value is -1.63. The maximum atomic E-state index is 11.7. The number of rotatable bonds is 12. The van der Waals surface area contributed by atoms with Gasteiger partial charge in [-0.15, -0.1) is 0 Å². The number of benzene rings is 1. The van der Waals surface area contributed by atoms with Crippen LogP contribution >= 0.6 is 0 Å². The molecule has 0 heterocycles. The molecular formula is C25H38O6. The number of aliphatic hydroxyl groups is 3. The normalized spacial score (nSPS) is 25.5. The van der Waals surface area contributed by atoms with Crippen LogP contribution in [0.15, 0.2) is 18.2 Å². The van der Waals surface area contributed by atoms with E-state index < -0.39 is 5.97 Å². The fraction of sp³-hybridized carbons (Fsp3) is 0.720. The minimum absolute atomic E-state index is 0.0224. The van der Waals surface area contributed by atoms with Crippen LogP contribution in [0.5, 0.6) is 5.75 Å². The van der Waals surface area contributed by atoms with E-state index in [-0.39, 0.29) is 37.9 Å². The van der Waals surface area contributed by atoms with Crippen molar-refractivity contribution in [2.45, 2.75) is 76.9 Å². The molecule has 0 unspecified atom stereocenters. The highest BCUT2D eigenvalue weighted by atomic mass is 16.6. The van der Waals surface area contributed by atoms with Crippen molar-refractivity contribution in [2.24, 2.45) is 17.8 Å². The molecule has 3 rings (SSSR count). The first-order valence-electron chi connectivity index (χ1n) is 11.9. The minimum atomic E-state index is -0.491. The fourth-order valence-corrected chi connectivity index (χ4v) is 5.44. The number of carbonyl (C=O) groups is 1. The molecule has 0 amide bonds. The number of hydrogen-bond donors (Lipinski definition) is 3. The summed E-state index contributed by atoms with van der Waals surface area (Å²) < 4.78 is 10.6. The summed E-state index contributed by atoms with van der Waals surface area (Å²) in [6.45, 7) is 1.77. The number of ether oxygens (including phenoxy) is 2. The molecule has 3 N–H and O–H groups in total. The highest BCUT2D eigenvalue weighted by Crippen LogP contribution is 2.48. The lowest BCUT2D eigenvalue weighted by Gasteiger charge is -2.32.